The third kappa shape index (κ3) is 3.67. The molecule has 1 saturated carbocycles. The summed E-state index contributed by atoms with van der Waals surface area (Å²) in [5, 5.41) is 6.59. The third-order valence-corrected chi connectivity index (χ3v) is 6.23. The highest BCUT2D eigenvalue weighted by Crippen LogP contribution is 2.36. The minimum absolute atomic E-state index is 0.00793. The van der Waals surface area contributed by atoms with Crippen LogP contribution < -0.4 is 15.8 Å². The molecule has 1 amide bonds. The molecular formula is C18H18ClF2N5O2S. The number of hydrogen-bond acceptors (Lipinski definition) is 6. The van der Waals surface area contributed by atoms with Gasteiger partial charge in [0.2, 0.25) is 0 Å². The van der Waals surface area contributed by atoms with E-state index in [1.165, 1.54) is 0 Å². The van der Waals surface area contributed by atoms with E-state index >= 15 is 0 Å². The number of fused-ring (bicyclic) bond motifs is 1. The predicted octanol–water partition coefficient (Wildman–Crippen LogP) is 3.36. The molecule has 2 atom stereocenters. The van der Waals surface area contributed by atoms with Crippen LogP contribution >= 0.6 is 22.9 Å². The van der Waals surface area contributed by atoms with E-state index in [2.05, 4.69) is 15.4 Å². The number of aromatic nitrogens is 3. The van der Waals surface area contributed by atoms with Gasteiger partial charge in [-0.2, -0.15) is 5.10 Å². The van der Waals surface area contributed by atoms with Crippen LogP contribution in [0.5, 0.6) is 5.75 Å². The molecule has 0 aliphatic heterocycles. The quantitative estimate of drug-likeness (QED) is 0.647. The van der Waals surface area contributed by atoms with E-state index in [-0.39, 0.29) is 15.8 Å². The second-order valence-electron chi connectivity index (χ2n) is 6.87. The number of hydrogen-bond donors (Lipinski definition) is 2. The number of nitrogens with two attached hydrogens (primary N) is 1. The van der Waals surface area contributed by atoms with Crippen LogP contribution in [0.15, 0.2) is 24.5 Å². The lowest BCUT2D eigenvalue weighted by Crippen LogP contribution is -2.59. The summed E-state index contributed by atoms with van der Waals surface area (Å²) in [5.74, 6) is -3.15. The molecule has 3 heterocycles. The number of ether oxygens (including phenoxy) is 1. The molecule has 11 heteroatoms. The van der Waals surface area contributed by atoms with Crippen molar-refractivity contribution in [3.63, 3.8) is 0 Å². The molecule has 3 N–H and O–H groups in total. The number of pyridine rings is 1. The maximum atomic E-state index is 14.2. The number of alkyl halides is 2. The molecule has 0 saturated heterocycles. The van der Waals surface area contributed by atoms with Crippen molar-refractivity contribution in [2.24, 2.45) is 5.73 Å². The Hall–Kier alpha value is -2.30. The number of rotatable bonds is 4. The van der Waals surface area contributed by atoms with Crippen molar-refractivity contribution in [2.75, 3.05) is 7.11 Å². The van der Waals surface area contributed by atoms with Crippen LogP contribution in [-0.4, -0.2) is 45.6 Å². The standard InChI is InChI=1S/C18H18ClF2N5O2S/c1-28-9-4-5-12-10(7-23-26(12)8-9)13-15(19)29-17(24-13)16(27)25-14-11(22)3-2-6-18(14,20)21/h4-5,7-8,11,14H,2-3,6,22H2,1H3,(H,25,27). The first-order valence-corrected chi connectivity index (χ1v) is 10.1. The maximum Gasteiger partial charge on any atom is 0.280 e. The van der Waals surface area contributed by atoms with Crippen molar-refractivity contribution in [3.05, 3.63) is 33.9 Å². The van der Waals surface area contributed by atoms with Crippen LogP contribution in [0.3, 0.4) is 0 Å². The summed E-state index contributed by atoms with van der Waals surface area (Å²) in [6.07, 6.45) is 3.72. The van der Waals surface area contributed by atoms with Crippen molar-refractivity contribution >= 4 is 34.4 Å². The normalized spacial score (nSPS) is 21.3. The molecular weight excluding hydrogens is 424 g/mol. The van der Waals surface area contributed by atoms with Crippen LogP contribution in [-0.2, 0) is 0 Å². The van der Waals surface area contributed by atoms with Gasteiger partial charge in [-0.15, -0.1) is 0 Å². The molecule has 154 valence electrons. The zero-order chi connectivity index (χ0) is 20.8. The first-order chi connectivity index (χ1) is 13.8. The van der Waals surface area contributed by atoms with Gasteiger partial charge >= 0.3 is 0 Å². The lowest BCUT2D eigenvalue weighted by atomic mass is 9.87. The monoisotopic (exact) mass is 441 g/mol. The molecule has 3 aromatic heterocycles. The highest BCUT2D eigenvalue weighted by molar-refractivity contribution is 7.18. The topological polar surface area (TPSA) is 94.5 Å². The lowest BCUT2D eigenvalue weighted by Gasteiger charge is -2.36. The molecule has 1 aliphatic rings. The summed E-state index contributed by atoms with van der Waals surface area (Å²) in [6.45, 7) is 0. The Kier molecular flexibility index (Phi) is 5.18. The first kappa shape index (κ1) is 20.0. The average molecular weight is 442 g/mol. The van der Waals surface area contributed by atoms with Crippen molar-refractivity contribution in [1.82, 2.24) is 19.9 Å². The number of thiazole rings is 1. The number of methoxy groups -OCH3 is 1. The minimum atomic E-state index is -3.06. The number of nitrogens with zero attached hydrogens (tertiary/aromatic N) is 3. The number of nitrogens with one attached hydrogen (secondary N) is 1. The van der Waals surface area contributed by atoms with E-state index in [0.717, 1.165) is 11.3 Å². The second-order valence-corrected chi connectivity index (χ2v) is 8.47. The van der Waals surface area contributed by atoms with Crippen LogP contribution in [0.25, 0.3) is 16.8 Å². The smallest absolute Gasteiger partial charge is 0.280 e. The van der Waals surface area contributed by atoms with Gasteiger partial charge in [0.05, 0.1) is 25.0 Å². The molecule has 1 aliphatic carbocycles. The van der Waals surface area contributed by atoms with Gasteiger partial charge in [0.15, 0.2) is 5.01 Å². The first-order valence-electron chi connectivity index (χ1n) is 8.92. The average Bonchev–Trinajstić information content (AvgIpc) is 3.27. The summed E-state index contributed by atoms with van der Waals surface area (Å²) in [4.78, 5) is 16.9. The Labute approximate surface area is 173 Å². The van der Waals surface area contributed by atoms with Gasteiger partial charge in [0, 0.05) is 18.0 Å². The number of carbonyl (C=O) groups is 1. The Morgan fingerprint density at radius 3 is 3.00 bits per heavy atom. The second kappa shape index (κ2) is 7.51. The summed E-state index contributed by atoms with van der Waals surface area (Å²) >= 11 is 7.23. The fraction of sp³-hybridized carbons (Fsp3) is 0.389. The van der Waals surface area contributed by atoms with Crippen molar-refractivity contribution in [1.29, 1.82) is 0 Å². The fourth-order valence-corrected chi connectivity index (χ4v) is 4.53. The van der Waals surface area contributed by atoms with Gasteiger partial charge in [-0.25, -0.2) is 18.3 Å². The van der Waals surface area contributed by atoms with E-state index in [0.29, 0.717) is 35.4 Å². The number of halogens is 3. The predicted molar refractivity (Wildman–Crippen MR) is 106 cm³/mol. The van der Waals surface area contributed by atoms with Gasteiger partial charge < -0.3 is 15.8 Å². The van der Waals surface area contributed by atoms with Gasteiger partial charge in [0.25, 0.3) is 11.8 Å². The van der Waals surface area contributed by atoms with E-state index in [1.54, 1.807) is 36.2 Å². The van der Waals surface area contributed by atoms with E-state index in [1.807, 2.05) is 0 Å². The van der Waals surface area contributed by atoms with Gasteiger partial charge in [-0.05, 0) is 25.0 Å². The summed E-state index contributed by atoms with van der Waals surface area (Å²) < 4.78 is 35.4. The molecule has 29 heavy (non-hydrogen) atoms. The molecule has 2 unspecified atom stereocenters. The SMILES string of the molecule is COc1ccc2c(-c3nc(C(=O)NC4C(N)CCCC4(F)F)sc3Cl)cnn2c1. The zero-order valence-electron chi connectivity index (χ0n) is 15.4. The zero-order valence-corrected chi connectivity index (χ0v) is 16.9. The van der Waals surface area contributed by atoms with Crippen molar-refractivity contribution in [3.8, 4) is 17.0 Å². The summed E-state index contributed by atoms with van der Waals surface area (Å²) in [7, 11) is 1.55. The summed E-state index contributed by atoms with van der Waals surface area (Å²) in [6, 6.07) is 1.31. The van der Waals surface area contributed by atoms with Crippen molar-refractivity contribution < 1.29 is 18.3 Å². The van der Waals surface area contributed by atoms with Gasteiger partial charge in [-0.3, -0.25) is 4.79 Å². The number of carbonyl (C=O) groups excluding carboxylic acids is 1. The summed E-state index contributed by atoms with van der Waals surface area (Å²) in [5.41, 5.74) is 7.51. The van der Waals surface area contributed by atoms with E-state index in [9.17, 15) is 13.6 Å². The molecule has 3 aromatic rings. The highest BCUT2D eigenvalue weighted by Gasteiger charge is 2.46. The Bertz CT molecular complexity index is 1070. The van der Waals surface area contributed by atoms with Crippen LogP contribution in [0.2, 0.25) is 4.34 Å². The molecule has 7 nitrogen and oxygen atoms in total. The van der Waals surface area contributed by atoms with E-state index < -0.39 is 23.9 Å². The largest absolute Gasteiger partial charge is 0.495 e. The Morgan fingerprint density at radius 1 is 1.48 bits per heavy atom. The minimum Gasteiger partial charge on any atom is -0.495 e. The molecule has 4 rings (SSSR count). The molecule has 1 fully saturated rings. The molecule has 0 bridgehead atoms. The Balaban J connectivity index is 1.62. The van der Waals surface area contributed by atoms with E-state index in [4.69, 9.17) is 22.1 Å². The number of amides is 1. The Morgan fingerprint density at radius 2 is 2.28 bits per heavy atom. The lowest BCUT2D eigenvalue weighted by molar-refractivity contribution is -0.0674. The molecule has 0 spiro atoms. The van der Waals surface area contributed by atoms with Crippen LogP contribution in [0.4, 0.5) is 8.78 Å². The highest BCUT2D eigenvalue weighted by atomic mass is 35.5. The fourth-order valence-electron chi connectivity index (χ4n) is 3.46. The van der Waals surface area contributed by atoms with Crippen LogP contribution in [0.1, 0.15) is 29.1 Å². The van der Waals surface area contributed by atoms with Gasteiger partial charge in [0.1, 0.15) is 21.8 Å². The third-order valence-electron chi connectivity index (χ3n) is 4.98. The van der Waals surface area contributed by atoms with Gasteiger partial charge in [-0.1, -0.05) is 22.9 Å². The van der Waals surface area contributed by atoms with Crippen molar-refractivity contribution in [2.45, 2.75) is 37.3 Å². The molecule has 0 radical (unpaired) electrons. The molecule has 0 aromatic carbocycles. The van der Waals surface area contributed by atoms with Crippen LogP contribution in [0, 0.1) is 0 Å². The maximum absolute atomic E-state index is 14.2.